The maximum Gasteiger partial charge on any atom is 0.328 e. The van der Waals surface area contributed by atoms with E-state index in [1.165, 1.54) is 11.6 Å². The number of hydrogen-bond acceptors (Lipinski definition) is 3. The van der Waals surface area contributed by atoms with Crippen molar-refractivity contribution in [2.75, 3.05) is 7.11 Å². The van der Waals surface area contributed by atoms with Crippen LogP contribution in [0, 0.1) is 0 Å². The lowest BCUT2D eigenvalue weighted by molar-refractivity contribution is -0.131. The predicted molar refractivity (Wildman–Crippen MR) is 77.0 cm³/mol. The minimum atomic E-state index is -0.940. The lowest BCUT2D eigenvalue weighted by atomic mass is 10.0. The van der Waals surface area contributed by atoms with Crippen molar-refractivity contribution in [3.63, 3.8) is 0 Å². The van der Waals surface area contributed by atoms with Gasteiger partial charge >= 0.3 is 5.97 Å². The van der Waals surface area contributed by atoms with Gasteiger partial charge < -0.3 is 9.84 Å². The number of methoxy groups -OCH3 is 1. The highest BCUT2D eigenvalue weighted by Crippen LogP contribution is 2.34. The molecule has 102 valence electrons. The Kier molecular flexibility index (Phi) is 3.14. The standard InChI is InChI=1S/C16H15NO3/c1-20-14-7-3-5-12-10(8-9-15(18)19)11-4-2-6-13(11)17-16(12)14/h3,5,7-9H,2,4,6H2,1H3,(H,18,19)/b9-8+. The van der Waals surface area contributed by atoms with E-state index in [-0.39, 0.29) is 0 Å². The fraction of sp³-hybridized carbons (Fsp3) is 0.250. The molecule has 0 saturated carbocycles. The van der Waals surface area contributed by atoms with Crippen LogP contribution in [0.2, 0.25) is 0 Å². The number of carboxylic acids is 1. The number of benzene rings is 1. The van der Waals surface area contributed by atoms with E-state index in [1.807, 2.05) is 18.2 Å². The largest absolute Gasteiger partial charge is 0.494 e. The molecule has 4 nitrogen and oxygen atoms in total. The van der Waals surface area contributed by atoms with Gasteiger partial charge in [-0.05, 0) is 42.5 Å². The van der Waals surface area contributed by atoms with E-state index < -0.39 is 5.97 Å². The molecule has 20 heavy (non-hydrogen) atoms. The van der Waals surface area contributed by atoms with Crippen LogP contribution in [0.1, 0.15) is 23.2 Å². The van der Waals surface area contributed by atoms with Crippen LogP contribution >= 0.6 is 0 Å². The average Bonchev–Trinajstić information content (AvgIpc) is 2.90. The van der Waals surface area contributed by atoms with Gasteiger partial charge in [-0.1, -0.05) is 12.1 Å². The first-order chi connectivity index (χ1) is 9.70. The maximum absolute atomic E-state index is 10.8. The predicted octanol–water partition coefficient (Wildman–Crippen LogP) is 2.83. The Bertz CT molecular complexity index is 719. The molecule has 0 amide bonds. The number of aliphatic carboxylic acids is 1. The van der Waals surface area contributed by atoms with E-state index in [0.29, 0.717) is 0 Å². The number of fused-ring (bicyclic) bond motifs is 2. The van der Waals surface area contributed by atoms with E-state index in [4.69, 9.17) is 14.8 Å². The zero-order valence-electron chi connectivity index (χ0n) is 11.2. The Morgan fingerprint density at radius 1 is 1.40 bits per heavy atom. The summed E-state index contributed by atoms with van der Waals surface area (Å²) in [6.45, 7) is 0. The lowest BCUT2D eigenvalue weighted by Crippen LogP contribution is -1.97. The number of carbonyl (C=O) groups is 1. The average molecular weight is 269 g/mol. The van der Waals surface area contributed by atoms with Crippen molar-refractivity contribution in [2.24, 2.45) is 0 Å². The van der Waals surface area contributed by atoms with Crippen molar-refractivity contribution in [3.8, 4) is 5.75 Å². The van der Waals surface area contributed by atoms with Crippen molar-refractivity contribution in [2.45, 2.75) is 19.3 Å². The summed E-state index contributed by atoms with van der Waals surface area (Å²) in [5, 5.41) is 9.82. The van der Waals surface area contributed by atoms with Gasteiger partial charge in [-0.25, -0.2) is 9.78 Å². The molecule has 1 aliphatic rings. The minimum absolute atomic E-state index is 0.724. The third kappa shape index (κ3) is 2.03. The number of pyridine rings is 1. The van der Waals surface area contributed by atoms with Crippen LogP contribution in [0.3, 0.4) is 0 Å². The van der Waals surface area contributed by atoms with Crippen LogP contribution in [0.5, 0.6) is 5.75 Å². The topological polar surface area (TPSA) is 59.4 Å². The van der Waals surface area contributed by atoms with Crippen LogP contribution in [-0.2, 0) is 17.6 Å². The molecular weight excluding hydrogens is 254 g/mol. The molecule has 1 aliphatic carbocycles. The summed E-state index contributed by atoms with van der Waals surface area (Å²) in [6, 6.07) is 5.74. The molecule has 2 aromatic rings. The second kappa shape index (κ2) is 4.96. The molecule has 1 aromatic heterocycles. The van der Waals surface area contributed by atoms with Gasteiger partial charge in [0.1, 0.15) is 11.3 Å². The Morgan fingerprint density at radius 3 is 3.00 bits per heavy atom. The molecule has 3 rings (SSSR count). The molecule has 0 saturated heterocycles. The molecule has 0 unspecified atom stereocenters. The number of carboxylic acid groups (broad SMARTS) is 1. The van der Waals surface area contributed by atoms with Gasteiger partial charge in [-0.2, -0.15) is 0 Å². The second-order valence-corrected chi connectivity index (χ2v) is 4.83. The van der Waals surface area contributed by atoms with Gasteiger partial charge in [-0.3, -0.25) is 0 Å². The van der Waals surface area contributed by atoms with Crippen molar-refractivity contribution in [3.05, 3.63) is 41.1 Å². The van der Waals surface area contributed by atoms with Gasteiger partial charge in [0, 0.05) is 17.2 Å². The van der Waals surface area contributed by atoms with E-state index in [2.05, 4.69) is 0 Å². The first-order valence-corrected chi connectivity index (χ1v) is 6.60. The number of ether oxygens (including phenoxy) is 1. The Hall–Kier alpha value is -2.36. The first-order valence-electron chi connectivity index (χ1n) is 6.60. The molecule has 0 radical (unpaired) electrons. The molecule has 0 fully saturated rings. The van der Waals surface area contributed by atoms with Crippen molar-refractivity contribution in [1.82, 2.24) is 4.98 Å². The van der Waals surface area contributed by atoms with Crippen molar-refractivity contribution < 1.29 is 14.6 Å². The number of hydrogen-bond donors (Lipinski definition) is 1. The molecule has 0 atom stereocenters. The number of aromatic nitrogens is 1. The molecule has 4 heteroatoms. The summed E-state index contributed by atoms with van der Waals surface area (Å²) in [7, 11) is 1.62. The minimum Gasteiger partial charge on any atom is -0.494 e. The highest BCUT2D eigenvalue weighted by atomic mass is 16.5. The number of rotatable bonds is 3. The molecule has 0 spiro atoms. The van der Waals surface area contributed by atoms with E-state index in [0.717, 1.165) is 47.2 Å². The molecule has 1 heterocycles. The van der Waals surface area contributed by atoms with E-state index >= 15 is 0 Å². The second-order valence-electron chi connectivity index (χ2n) is 4.83. The first kappa shape index (κ1) is 12.7. The third-order valence-electron chi connectivity index (χ3n) is 3.66. The monoisotopic (exact) mass is 269 g/mol. The summed E-state index contributed by atoms with van der Waals surface area (Å²) in [5.74, 6) is -0.216. The van der Waals surface area contributed by atoms with Crippen LogP contribution in [0.25, 0.3) is 17.0 Å². The van der Waals surface area contributed by atoms with Crippen LogP contribution < -0.4 is 4.74 Å². The lowest BCUT2D eigenvalue weighted by Gasteiger charge is -2.11. The molecule has 0 bridgehead atoms. The smallest absolute Gasteiger partial charge is 0.328 e. The molecule has 1 N–H and O–H groups in total. The van der Waals surface area contributed by atoms with Crippen molar-refractivity contribution in [1.29, 1.82) is 0 Å². The summed E-state index contributed by atoms with van der Waals surface area (Å²) in [4.78, 5) is 15.5. The molecule has 1 aromatic carbocycles. The maximum atomic E-state index is 10.8. The zero-order valence-corrected chi connectivity index (χ0v) is 11.2. The summed E-state index contributed by atoms with van der Waals surface area (Å²) >= 11 is 0. The summed E-state index contributed by atoms with van der Waals surface area (Å²) in [5.41, 5.74) is 4.00. The van der Waals surface area contributed by atoms with Gasteiger partial charge in [0.05, 0.1) is 7.11 Å². The fourth-order valence-corrected chi connectivity index (χ4v) is 2.80. The normalized spacial score (nSPS) is 13.8. The molecular formula is C16H15NO3. The van der Waals surface area contributed by atoms with Gasteiger partial charge in [-0.15, -0.1) is 0 Å². The van der Waals surface area contributed by atoms with Crippen molar-refractivity contribution >= 4 is 22.9 Å². The number of nitrogens with zero attached hydrogens (tertiary/aromatic N) is 1. The Morgan fingerprint density at radius 2 is 2.25 bits per heavy atom. The van der Waals surface area contributed by atoms with E-state index in [1.54, 1.807) is 13.2 Å². The fourth-order valence-electron chi connectivity index (χ4n) is 2.80. The Balaban J connectivity index is 2.32. The van der Waals surface area contributed by atoms with Gasteiger partial charge in [0.15, 0.2) is 0 Å². The molecule has 0 aliphatic heterocycles. The van der Waals surface area contributed by atoms with Gasteiger partial charge in [0.2, 0.25) is 0 Å². The number of aryl methyl sites for hydroxylation is 1. The van der Waals surface area contributed by atoms with Crippen LogP contribution in [0.4, 0.5) is 0 Å². The SMILES string of the molecule is COc1cccc2c(/C=C/C(=O)O)c3c(nc12)CCC3. The van der Waals surface area contributed by atoms with Crippen LogP contribution in [0.15, 0.2) is 24.3 Å². The zero-order chi connectivity index (χ0) is 14.1. The highest BCUT2D eigenvalue weighted by Gasteiger charge is 2.19. The number of para-hydroxylation sites is 1. The third-order valence-corrected chi connectivity index (χ3v) is 3.66. The highest BCUT2D eigenvalue weighted by molar-refractivity contribution is 5.96. The summed E-state index contributed by atoms with van der Waals surface area (Å²) < 4.78 is 5.36. The quantitative estimate of drug-likeness (QED) is 0.870. The summed E-state index contributed by atoms with van der Waals surface area (Å²) in [6.07, 6.45) is 5.82. The van der Waals surface area contributed by atoms with Crippen LogP contribution in [-0.4, -0.2) is 23.2 Å². The Labute approximate surface area is 116 Å². The van der Waals surface area contributed by atoms with Gasteiger partial charge in [0.25, 0.3) is 0 Å². The van der Waals surface area contributed by atoms with E-state index in [9.17, 15) is 4.79 Å².